The van der Waals surface area contributed by atoms with Gasteiger partial charge < -0.3 is 25.0 Å². The van der Waals surface area contributed by atoms with Crippen molar-refractivity contribution in [3.63, 3.8) is 0 Å². The summed E-state index contributed by atoms with van der Waals surface area (Å²) in [4.78, 5) is 28.8. The Kier molecular flexibility index (Phi) is 9.26. The van der Waals surface area contributed by atoms with Gasteiger partial charge in [-0.05, 0) is 50.9 Å². The lowest BCUT2D eigenvalue weighted by atomic mass is 9.70. The molecule has 37 heavy (non-hydrogen) atoms. The molecule has 4 N–H and O–H groups in total. The summed E-state index contributed by atoms with van der Waals surface area (Å²) in [7, 11) is 3.50. The second-order valence-electron chi connectivity index (χ2n) is 11.7. The van der Waals surface area contributed by atoms with Gasteiger partial charge in [0.15, 0.2) is 0 Å². The number of ether oxygens (including phenoxy) is 2. The van der Waals surface area contributed by atoms with Crippen LogP contribution in [0.4, 0.5) is 0 Å². The third-order valence-corrected chi connectivity index (χ3v) is 11.0. The number of alkyl halides is 1. The van der Waals surface area contributed by atoms with Gasteiger partial charge in [0.25, 0.3) is 0 Å². The molecule has 11 atom stereocenters. The largest absolute Gasteiger partial charge is 0.381 e. The minimum absolute atomic E-state index is 0.0609. The standard InChI is InChI=1S/C26H44ClN5O4S/c1-14-7-17(18-9-23(27)29-11-21(18)36-3)19(10-28-14)24(33)31-26-30-20-12-32(13-22(20)37-26)25(34)15-5-4-6-16(8-15)35-2/h14-23,26,28-30H,4-13H2,1-3H3,(H,31,33)/t14?,15-,16-,17?,18?,19?,20?,21?,22?,23?,26?/m1/s1. The summed E-state index contributed by atoms with van der Waals surface area (Å²) in [5, 5.41) is 14.0. The molecule has 1 aliphatic carbocycles. The van der Waals surface area contributed by atoms with Gasteiger partial charge in [0.2, 0.25) is 11.8 Å². The Bertz CT molecular complexity index is 812. The Morgan fingerprint density at radius 2 is 1.86 bits per heavy atom. The Balaban J connectivity index is 1.15. The molecule has 0 aromatic rings. The summed E-state index contributed by atoms with van der Waals surface area (Å²) in [6.45, 7) is 5.03. The summed E-state index contributed by atoms with van der Waals surface area (Å²) in [6.07, 6.45) is 5.91. The summed E-state index contributed by atoms with van der Waals surface area (Å²) in [6, 6.07) is 0.570. The molecule has 11 heteroatoms. The molecule has 4 aliphatic heterocycles. The summed E-state index contributed by atoms with van der Waals surface area (Å²) < 4.78 is 11.3. The van der Waals surface area contributed by atoms with E-state index in [4.69, 9.17) is 21.1 Å². The lowest BCUT2D eigenvalue weighted by Gasteiger charge is -2.45. The number of halogens is 1. The van der Waals surface area contributed by atoms with Gasteiger partial charge in [-0.25, -0.2) is 0 Å². The number of thioether (sulfide) groups is 1. The van der Waals surface area contributed by atoms with Crippen LogP contribution in [0, 0.1) is 23.7 Å². The highest BCUT2D eigenvalue weighted by molar-refractivity contribution is 8.00. The topological polar surface area (TPSA) is 104 Å². The molecule has 0 radical (unpaired) electrons. The van der Waals surface area contributed by atoms with Crippen LogP contribution in [0.25, 0.3) is 0 Å². The number of rotatable bonds is 6. The SMILES string of the molecule is COC1CNC(Cl)CC1C1CC(C)NCC1C(=O)NC1NC2CN(C(=O)[C@@H]3CCC[C@@H](OC)C3)CC2S1. The lowest BCUT2D eigenvalue weighted by molar-refractivity contribution is -0.137. The van der Waals surface area contributed by atoms with Crippen molar-refractivity contribution in [2.24, 2.45) is 23.7 Å². The van der Waals surface area contributed by atoms with Gasteiger partial charge in [-0.3, -0.25) is 20.2 Å². The van der Waals surface area contributed by atoms with E-state index in [0.717, 1.165) is 45.1 Å². The van der Waals surface area contributed by atoms with E-state index < -0.39 is 0 Å². The molecule has 5 aliphatic rings. The van der Waals surface area contributed by atoms with Crippen LogP contribution in [-0.4, -0.2) is 97.7 Å². The molecule has 4 heterocycles. The minimum Gasteiger partial charge on any atom is -0.381 e. The summed E-state index contributed by atoms with van der Waals surface area (Å²) in [5.41, 5.74) is -0.212. The number of nitrogens with zero attached hydrogens (tertiary/aromatic N) is 1. The van der Waals surface area contributed by atoms with E-state index >= 15 is 0 Å². The van der Waals surface area contributed by atoms with Crippen LogP contribution in [0.15, 0.2) is 0 Å². The fourth-order valence-corrected chi connectivity index (χ4v) is 8.99. The van der Waals surface area contributed by atoms with E-state index in [-0.39, 0.29) is 64.7 Å². The number of carbonyl (C=O) groups excluding carboxylic acids is 2. The van der Waals surface area contributed by atoms with E-state index in [1.165, 1.54) is 0 Å². The van der Waals surface area contributed by atoms with Gasteiger partial charge in [-0.15, -0.1) is 23.4 Å². The number of piperidine rings is 2. The van der Waals surface area contributed by atoms with Crippen molar-refractivity contribution < 1.29 is 19.1 Å². The molecule has 5 fully saturated rings. The minimum atomic E-state index is -0.126. The predicted molar refractivity (Wildman–Crippen MR) is 145 cm³/mol. The molecule has 9 unspecified atom stereocenters. The van der Waals surface area contributed by atoms with Crippen molar-refractivity contribution in [2.45, 2.75) is 86.0 Å². The van der Waals surface area contributed by atoms with Gasteiger partial charge in [0.05, 0.1) is 23.6 Å². The number of amides is 2. The van der Waals surface area contributed by atoms with Crippen LogP contribution in [-0.2, 0) is 19.1 Å². The zero-order valence-corrected chi connectivity index (χ0v) is 23.9. The van der Waals surface area contributed by atoms with Gasteiger partial charge in [0, 0.05) is 63.7 Å². The van der Waals surface area contributed by atoms with Gasteiger partial charge >= 0.3 is 0 Å². The van der Waals surface area contributed by atoms with E-state index in [2.05, 4.69) is 28.2 Å². The average molecular weight is 558 g/mol. The molecule has 5 rings (SSSR count). The zero-order valence-electron chi connectivity index (χ0n) is 22.3. The zero-order chi connectivity index (χ0) is 26.1. The van der Waals surface area contributed by atoms with Crippen molar-refractivity contribution in [2.75, 3.05) is 40.4 Å². The fraction of sp³-hybridized carbons (Fsp3) is 0.923. The first-order valence-electron chi connectivity index (χ1n) is 14.0. The Labute approximate surface area is 230 Å². The number of methoxy groups -OCH3 is 2. The third kappa shape index (κ3) is 6.26. The fourth-order valence-electron chi connectivity index (χ4n) is 7.29. The molecular weight excluding hydrogens is 514 g/mol. The predicted octanol–water partition coefficient (Wildman–Crippen LogP) is 1.31. The van der Waals surface area contributed by atoms with E-state index in [0.29, 0.717) is 30.9 Å². The average Bonchev–Trinajstić information content (AvgIpc) is 3.47. The summed E-state index contributed by atoms with van der Waals surface area (Å²) in [5.74, 6) is 0.785. The van der Waals surface area contributed by atoms with Gasteiger partial charge in [-0.2, -0.15) is 0 Å². The van der Waals surface area contributed by atoms with Crippen LogP contribution < -0.4 is 21.3 Å². The van der Waals surface area contributed by atoms with Crippen LogP contribution >= 0.6 is 23.4 Å². The third-order valence-electron chi connectivity index (χ3n) is 9.35. The lowest BCUT2D eigenvalue weighted by Crippen LogP contribution is -2.57. The highest BCUT2D eigenvalue weighted by Gasteiger charge is 2.47. The molecule has 4 saturated heterocycles. The molecule has 210 valence electrons. The van der Waals surface area contributed by atoms with Crippen molar-refractivity contribution in [3.05, 3.63) is 0 Å². The molecule has 0 bridgehead atoms. The highest BCUT2D eigenvalue weighted by atomic mass is 35.5. The molecule has 0 spiro atoms. The maximum atomic E-state index is 13.6. The second kappa shape index (κ2) is 12.3. The Morgan fingerprint density at radius 3 is 2.62 bits per heavy atom. The van der Waals surface area contributed by atoms with Gasteiger partial charge in [-0.1, -0.05) is 6.42 Å². The summed E-state index contributed by atoms with van der Waals surface area (Å²) >= 11 is 8.23. The molecule has 2 amide bonds. The molecule has 9 nitrogen and oxygen atoms in total. The first-order chi connectivity index (χ1) is 17.9. The van der Waals surface area contributed by atoms with Crippen molar-refractivity contribution in [3.8, 4) is 0 Å². The molecule has 0 aromatic heterocycles. The Hall–Kier alpha value is -0.620. The number of hydrogen-bond acceptors (Lipinski definition) is 8. The second-order valence-corrected chi connectivity index (χ2v) is 13.5. The van der Waals surface area contributed by atoms with Crippen LogP contribution in [0.2, 0.25) is 0 Å². The van der Waals surface area contributed by atoms with Crippen molar-refractivity contribution in [1.82, 2.24) is 26.2 Å². The van der Waals surface area contributed by atoms with Crippen molar-refractivity contribution in [1.29, 1.82) is 0 Å². The number of hydrogen-bond donors (Lipinski definition) is 4. The number of fused-ring (bicyclic) bond motifs is 1. The maximum Gasteiger partial charge on any atom is 0.226 e. The monoisotopic (exact) mass is 557 g/mol. The quantitative estimate of drug-likeness (QED) is 0.286. The Morgan fingerprint density at radius 1 is 1.03 bits per heavy atom. The van der Waals surface area contributed by atoms with E-state index in [1.807, 2.05) is 4.90 Å². The van der Waals surface area contributed by atoms with Gasteiger partial charge in [0.1, 0.15) is 5.50 Å². The smallest absolute Gasteiger partial charge is 0.226 e. The van der Waals surface area contributed by atoms with Crippen LogP contribution in [0.5, 0.6) is 0 Å². The molecule has 1 saturated carbocycles. The van der Waals surface area contributed by atoms with Crippen molar-refractivity contribution >= 4 is 35.2 Å². The highest BCUT2D eigenvalue weighted by Crippen LogP contribution is 2.39. The molecular formula is C26H44ClN5O4S. The maximum absolute atomic E-state index is 13.6. The van der Waals surface area contributed by atoms with E-state index in [1.54, 1.807) is 26.0 Å². The number of nitrogens with one attached hydrogen (secondary N) is 4. The first kappa shape index (κ1) is 27.9. The van der Waals surface area contributed by atoms with Crippen LogP contribution in [0.3, 0.4) is 0 Å². The normalized spacial score (nSPS) is 44.4. The molecule has 0 aromatic carbocycles. The van der Waals surface area contributed by atoms with Crippen LogP contribution in [0.1, 0.15) is 45.4 Å². The number of carbonyl (C=O) groups is 2. The van der Waals surface area contributed by atoms with E-state index in [9.17, 15) is 9.59 Å². The number of likely N-dealkylation sites (tertiary alicyclic amines) is 1. The first-order valence-corrected chi connectivity index (χ1v) is 15.4.